The van der Waals surface area contributed by atoms with Crippen molar-refractivity contribution in [3.05, 3.63) is 11.8 Å². The predicted molar refractivity (Wildman–Crippen MR) is 64.4 cm³/mol. The Kier molecular flexibility index (Phi) is 4.26. The molecule has 98 valence electrons. The van der Waals surface area contributed by atoms with Gasteiger partial charge < -0.3 is 9.73 Å². The molecular weight excluding hydrogens is 242 g/mol. The quantitative estimate of drug-likeness (QED) is 0.751. The summed E-state index contributed by atoms with van der Waals surface area (Å²) in [5, 5.41) is 10.8. The van der Waals surface area contributed by atoms with Crippen LogP contribution in [0.5, 0.6) is 0 Å². The highest BCUT2D eigenvalue weighted by atomic mass is 32.2. The van der Waals surface area contributed by atoms with E-state index < -0.39 is 14.6 Å². The zero-order chi connectivity index (χ0) is 13.1. The van der Waals surface area contributed by atoms with Crippen LogP contribution in [0, 0.1) is 0 Å². The van der Waals surface area contributed by atoms with Crippen molar-refractivity contribution in [2.24, 2.45) is 0 Å². The highest BCUT2D eigenvalue weighted by molar-refractivity contribution is 7.91. The number of aromatic nitrogens is 2. The number of rotatable bonds is 6. The zero-order valence-electron chi connectivity index (χ0n) is 10.6. The largest absolute Gasteiger partial charge is 0.424 e. The van der Waals surface area contributed by atoms with Gasteiger partial charge in [-0.25, -0.2) is 8.42 Å². The maximum Gasteiger partial charge on any atom is 0.237 e. The van der Waals surface area contributed by atoms with Crippen LogP contribution in [-0.4, -0.2) is 38.0 Å². The summed E-state index contributed by atoms with van der Waals surface area (Å²) in [7, 11) is -3.28. The molecular formula is C10H19N3O3S. The molecule has 1 rings (SSSR count). The SMILES string of the molecule is CCNCCc1nnc(C(C)(C)S(C)(=O)=O)o1. The van der Waals surface area contributed by atoms with Gasteiger partial charge in [-0.2, -0.15) is 0 Å². The summed E-state index contributed by atoms with van der Waals surface area (Å²) in [6, 6.07) is 0. The third-order valence-electron chi connectivity index (χ3n) is 2.67. The third-order valence-corrected chi connectivity index (χ3v) is 4.70. The Hall–Kier alpha value is -0.950. The smallest absolute Gasteiger partial charge is 0.237 e. The summed E-state index contributed by atoms with van der Waals surface area (Å²) in [6.07, 6.45) is 1.76. The fourth-order valence-corrected chi connectivity index (χ4v) is 1.53. The Bertz CT molecular complexity index is 465. The highest BCUT2D eigenvalue weighted by Gasteiger charge is 2.37. The molecule has 0 aliphatic carbocycles. The number of sulfone groups is 1. The van der Waals surface area contributed by atoms with Gasteiger partial charge in [-0.3, -0.25) is 0 Å². The van der Waals surface area contributed by atoms with Crippen LogP contribution >= 0.6 is 0 Å². The molecule has 1 N–H and O–H groups in total. The molecule has 0 spiro atoms. The van der Waals surface area contributed by atoms with Gasteiger partial charge in [0.05, 0.1) is 0 Å². The van der Waals surface area contributed by atoms with Crippen molar-refractivity contribution in [2.45, 2.75) is 31.9 Å². The first-order valence-electron chi connectivity index (χ1n) is 5.52. The molecule has 0 saturated carbocycles. The number of likely N-dealkylation sites (N-methyl/N-ethyl adjacent to an activating group) is 1. The minimum absolute atomic E-state index is 0.145. The molecule has 0 aromatic carbocycles. The second-order valence-corrected chi connectivity index (χ2v) is 6.95. The van der Waals surface area contributed by atoms with E-state index in [4.69, 9.17) is 4.42 Å². The normalized spacial score (nSPS) is 12.9. The van der Waals surface area contributed by atoms with E-state index in [0.29, 0.717) is 12.3 Å². The lowest BCUT2D eigenvalue weighted by atomic mass is 10.2. The zero-order valence-corrected chi connectivity index (χ0v) is 11.5. The van der Waals surface area contributed by atoms with Gasteiger partial charge >= 0.3 is 0 Å². The van der Waals surface area contributed by atoms with Gasteiger partial charge in [0, 0.05) is 19.2 Å². The third kappa shape index (κ3) is 3.26. The maximum absolute atomic E-state index is 11.6. The van der Waals surface area contributed by atoms with Crippen LogP contribution < -0.4 is 5.32 Å². The molecule has 7 heteroatoms. The first-order chi connectivity index (χ1) is 7.79. The second-order valence-electron chi connectivity index (χ2n) is 4.39. The topological polar surface area (TPSA) is 85.1 Å². The maximum atomic E-state index is 11.6. The Morgan fingerprint density at radius 1 is 1.35 bits per heavy atom. The van der Waals surface area contributed by atoms with Crippen LogP contribution in [0.3, 0.4) is 0 Å². The number of hydrogen-bond donors (Lipinski definition) is 1. The molecule has 0 unspecified atom stereocenters. The molecule has 0 aliphatic heterocycles. The van der Waals surface area contributed by atoms with Crippen molar-refractivity contribution in [1.29, 1.82) is 0 Å². The molecule has 6 nitrogen and oxygen atoms in total. The van der Waals surface area contributed by atoms with E-state index in [9.17, 15) is 8.42 Å². The van der Waals surface area contributed by atoms with Crippen molar-refractivity contribution < 1.29 is 12.8 Å². The van der Waals surface area contributed by atoms with E-state index in [1.54, 1.807) is 13.8 Å². The lowest BCUT2D eigenvalue weighted by molar-refractivity contribution is 0.403. The van der Waals surface area contributed by atoms with Gasteiger partial charge in [-0.1, -0.05) is 6.92 Å². The molecule has 1 aromatic heterocycles. The lowest BCUT2D eigenvalue weighted by Crippen LogP contribution is -2.28. The molecule has 1 aromatic rings. The minimum Gasteiger partial charge on any atom is -0.424 e. The molecule has 0 aliphatic rings. The van der Waals surface area contributed by atoms with E-state index >= 15 is 0 Å². The molecule has 0 atom stereocenters. The molecule has 1 heterocycles. The van der Waals surface area contributed by atoms with Crippen LogP contribution in [0.25, 0.3) is 0 Å². The summed E-state index contributed by atoms with van der Waals surface area (Å²) in [6.45, 7) is 6.73. The second kappa shape index (κ2) is 5.14. The van der Waals surface area contributed by atoms with E-state index in [2.05, 4.69) is 15.5 Å². The Labute approximate surface area is 102 Å². The summed E-state index contributed by atoms with van der Waals surface area (Å²) in [5.74, 6) is 0.601. The molecule has 0 bridgehead atoms. The summed E-state index contributed by atoms with van der Waals surface area (Å²) < 4.78 is 27.4. The summed E-state index contributed by atoms with van der Waals surface area (Å²) in [4.78, 5) is 0. The molecule has 0 radical (unpaired) electrons. The molecule has 17 heavy (non-hydrogen) atoms. The molecule has 0 saturated heterocycles. The van der Waals surface area contributed by atoms with Crippen molar-refractivity contribution in [1.82, 2.24) is 15.5 Å². The standard InChI is InChI=1S/C10H19N3O3S/c1-5-11-7-6-8-12-13-9(16-8)10(2,3)17(4,14)15/h11H,5-7H2,1-4H3. The van der Waals surface area contributed by atoms with Gasteiger partial charge in [0.2, 0.25) is 11.8 Å². The summed E-state index contributed by atoms with van der Waals surface area (Å²) in [5.41, 5.74) is 0. The average Bonchev–Trinajstić information content (AvgIpc) is 2.65. The van der Waals surface area contributed by atoms with E-state index in [0.717, 1.165) is 19.3 Å². The highest BCUT2D eigenvalue weighted by Crippen LogP contribution is 2.27. The number of hydrogen-bond acceptors (Lipinski definition) is 6. The first kappa shape index (κ1) is 14.1. The van der Waals surface area contributed by atoms with Crippen molar-refractivity contribution in [3.63, 3.8) is 0 Å². The van der Waals surface area contributed by atoms with Gasteiger partial charge in [0.15, 0.2) is 9.84 Å². The Morgan fingerprint density at radius 2 is 2.00 bits per heavy atom. The van der Waals surface area contributed by atoms with Crippen LogP contribution in [0.2, 0.25) is 0 Å². The first-order valence-corrected chi connectivity index (χ1v) is 7.41. The number of nitrogens with one attached hydrogen (secondary N) is 1. The fourth-order valence-electron chi connectivity index (χ4n) is 1.13. The fraction of sp³-hybridized carbons (Fsp3) is 0.800. The average molecular weight is 261 g/mol. The molecule has 0 fully saturated rings. The van der Waals surface area contributed by atoms with Gasteiger partial charge in [-0.15, -0.1) is 10.2 Å². The van der Waals surface area contributed by atoms with Crippen LogP contribution in [0.15, 0.2) is 4.42 Å². The summed E-state index contributed by atoms with van der Waals surface area (Å²) >= 11 is 0. The van der Waals surface area contributed by atoms with Crippen LogP contribution in [0.4, 0.5) is 0 Å². The van der Waals surface area contributed by atoms with Crippen molar-refractivity contribution in [3.8, 4) is 0 Å². The van der Waals surface area contributed by atoms with Gasteiger partial charge in [-0.05, 0) is 20.4 Å². The van der Waals surface area contributed by atoms with E-state index in [-0.39, 0.29) is 5.89 Å². The van der Waals surface area contributed by atoms with E-state index in [1.807, 2.05) is 6.92 Å². The van der Waals surface area contributed by atoms with Crippen molar-refractivity contribution in [2.75, 3.05) is 19.3 Å². The van der Waals surface area contributed by atoms with Crippen LogP contribution in [0.1, 0.15) is 32.6 Å². The van der Waals surface area contributed by atoms with E-state index in [1.165, 1.54) is 0 Å². The number of nitrogens with zero attached hydrogens (tertiary/aromatic N) is 2. The monoisotopic (exact) mass is 261 g/mol. The van der Waals surface area contributed by atoms with Gasteiger partial charge in [0.1, 0.15) is 4.75 Å². The van der Waals surface area contributed by atoms with Crippen LogP contribution in [-0.2, 0) is 21.0 Å². The van der Waals surface area contributed by atoms with Gasteiger partial charge in [0.25, 0.3) is 0 Å². The Morgan fingerprint density at radius 3 is 2.53 bits per heavy atom. The predicted octanol–water partition coefficient (Wildman–Crippen LogP) is 0.501. The minimum atomic E-state index is -3.28. The van der Waals surface area contributed by atoms with Crippen molar-refractivity contribution >= 4 is 9.84 Å². The molecule has 0 amide bonds. The Balaban J connectivity index is 2.81. The lowest BCUT2D eigenvalue weighted by Gasteiger charge is -2.16.